The number of carboxylic acid groups (broad SMARTS) is 1. The number of H-pyrrole nitrogens is 3. The van der Waals surface area contributed by atoms with Crippen LogP contribution in [0, 0.1) is 6.92 Å². The van der Waals surface area contributed by atoms with Gasteiger partial charge < -0.3 is 20.1 Å². The molecular formula is C22H23F3N4O4. The van der Waals surface area contributed by atoms with Crippen molar-refractivity contribution in [3.05, 3.63) is 84.5 Å². The van der Waals surface area contributed by atoms with Crippen LogP contribution in [0.1, 0.15) is 43.3 Å². The van der Waals surface area contributed by atoms with E-state index in [0.717, 1.165) is 16.8 Å². The highest BCUT2D eigenvalue weighted by molar-refractivity contribution is 5.73. The number of halogens is 3. The number of carbonyl (C=O) groups is 1. The van der Waals surface area contributed by atoms with Crippen LogP contribution in [0.5, 0.6) is 0 Å². The highest BCUT2D eigenvalue weighted by atomic mass is 19.4. The van der Waals surface area contributed by atoms with Gasteiger partial charge in [0.25, 0.3) is 11.1 Å². The van der Waals surface area contributed by atoms with Gasteiger partial charge in [-0.1, -0.05) is 50.6 Å². The highest BCUT2D eigenvalue weighted by Gasteiger charge is 2.38. The number of carboxylic acids is 1. The Morgan fingerprint density at radius 3 is 1.91 bits per heavy atom. The quantitative estimate of drug-likeness (QED) is 0.458. The number of hydrogen-bond donors (Lipinski definition) is 4. The van der Waals surface area contributed by atoms with Crippen LogP contribution in [0.4, 0.5) is 13.2 Å². The SMILES string of the molecule is Cc1ccc(/C=c2\[nH]c(=O)/c(=C/c3nc[nH]c3C(C)(C)C)[nH]c2=O)cc1.O=C(O)C(F)(F)F. The molecule has 0 radical (unpaired) electrons. The number of alkyl halides is 3. The van der Waals surface area contributed by atoms with Gasteiger partial charge in [-0.15, -0.1) is 0 Å². The summed E-state index contributed by atoms with van der Waals surface area (Å²) in [4.78, 5) is 46.3. The fourth-order valence-corrected chi connectivity index (χ4v) is 2.68. The van der Waals surface area contributed by atoms with Gasteiger partial charge in [-0.25, -0.2) is 9.78 Å². The third-order valence-electron chi connectivity index (χ3n) is 4.32. The molecule has 0 unspecified atom stereocenters. The summed E-state index contributed by atoms with van der Waals surface area (Å²) in [5.41, 5.74) is 2.62. The first-order valence-electron chi connectivity index (χ1n) is 9.65. The Kier molecular flexibility index (Phi) is 7.47. The summed E-state index contributed by atoms with van der Waals surface area (Å²) >= 11 is 0. The number of aryl methyl sites for hydroxylation is 1. The molecule has 2 aromatic heterocycles. The summed E-state index contributed by atoms with van der Waals surface area (Å²) in [6.07, 6.45) is -0.260. The van der Waals surface area contributed by atoms with Crippen LogP contribution < -0.4 is 21.8 Å². The summed E-state index contributed by atoms with van der Waals surface area (Å²) in [6.45, 7) is 8.13. The molecule has 0 atom stereocenters. The van der Waals surface area contributed by atoms with Crippen molar-refractivity contribution in [2.24, 2.45) is 0 Å². The van der Waals surface area contributed by atoms with E-state index in [1.165, 1.54) is 0 Å². The Balaban J connectivity index is 0.000000479. The second kappa shape index (κ2) is 9.72. The van der Waals surface area contributed by atoms with Crippen LogP contribution in [0.2, 0.25) is 0 Å². The molecule has 3 rings (SSSR count). The van der Waals surface area contributed by atoms with Gasteiger partial charge in [0.2, 0.25) is 0 Å². The summed E-state index contributed by atoms with van der Waals surface area (Å²) in [5, 5.41) is 7.52. The molecule has 0 saturated heterocycles. The number of aromatic nitrogens is 4. The number of nitrogens with zero attached hydrogens (tertiary/aromatic N) is 1. The Bertz CT molecular complexity index is 1360. The van der Waals surface area contributed by atoms with Gasteiger partial charge in [-0.3, -0.25) is 9.59 Å². The van der Waals surface area contributed by atoms with Gasteiger partial charge in [0.1, 0.15) is 10.7 Å². The van der Waals surface area contributed by atoms with Crippen molar-refractivity contribution in [3.63, 3.8) is 0 Å². The van der Waals surface area contributed by atoms with Crippen molar-refractivity contribution in [3.8, 4) is 0 Å². The molecule has 3 aromatic rings. The van der Waals surface area contributed by atoms with Crippen LogP contribution in [0.15, 0.2) is 40.2 Å². The second-order valence-electron chi connectivity index (χ2n) is 8.15. The fourth-order valence-electron chi connectivity index (χ4n) is 2.68. The number of aromatic amines is 3. The summed E-state index contributed by atoms with van der Waals surface area (Å²) in [7, 11) is 0. The van der Waals surface area contributed by atoms with E-state index in [1.54, 1.807) is 18.5 Å². The molecule has 0 aliphatic heterocycles. The second-order valence-corrected chi connectivity index (χ2v) is 8.15. The number of nitrogens with one attached hydrogen (secondary N) is 3. The van der Waals surface area contributed by atoms with Crippen LogP contribution in [0.3, 0.4) is 0 Å². The molecule has 33 heavy (non-hydrogen) atoms. The average Bonchev–Trinajstić information content (AvgIpc) is 3.16. The molecule has 0 fully saturated rings. The zero-order valence-electron chi connectivity index (χ0n) is 18.3. The molecule has 4 N–H and O–H groups in total. The zero-order chi connectivity index (χ0) is 25.0. The monoisotopic (exact) mass is 464 g/mol. The molecule has 0 spiro atoms. The minimum Gasteiger partial charge on any atom is -0.475 e. The van der Waals surface area contributed by atoms with Gasteiger partial charge in [-0.2, -0.15) is 13.2 Å². The van der Waals surface area contributed by atoms with E-state index in [-0.39, 0.29) is 27.2 Å². The predicted octanol–water partition coefficient (Wildman–Crippen LogP) is 1.68. The molecule has 0 aliphatic carbocycles. The maximum absolute atomic E-state index is 12.4. The lowest BCUT2D eigenvalue weighted by atomic mass is 9.90. The number of hydrogen-bond acceptors (Lipinski definition) is 4. The predicted molar refractivity (Wildman–Crippen MR) is 116 cm³/mol. The molecule has 11 heteroatoms. The smallest absolute Gasteiger partial charge is 0.475 e. The molecule has 0 amide bonds. The molecule has 0 aliphatic rings. The van der Waals surface area contributed by atoms with E-state index in [4.69, 9.17) is 9.90 Å². The van der Waals surface area contributed by atoms with Crippen molar-refractivity contribution >= 4 is 18.1 Å². The third kappa shape index (κ3) is 7.06. The molecule has 1 aromatic carbocycles. The maximum Gasteiger partial charge on any atom is 0.490 e. The number of rotatable bonds is 2. The Hall–Kier alpha value is -3.89. The summed E-state index contributed by atoms with van der Waals surface area (Å²) < 4.78 is 31.7. The van der Waals surface area contributed by atoms with Crippen molar-refractivity contribution in [1.29, 1.82) is 0 Å². The van der Waals surface area contributed by atoms with E-state index in [1.807, 2.05) is 52.0 Å². The molecule has 176 valence electrons. The topological polar surface area (TPSA) is 132 Å². The lowest BCUT2D eigenvalue weighted by Crippen LogP contribution is -2.46. The highest BCUT2D eigenvalue weighted by Crippen LogP contribution is 2.22. The molecule has 8 nitrogen and oxygen atoms in total. The Morgan fingerprint density at radius 2 is 1.45 bits per heavy atom. The van der Waals surface area contributed by atoms with Crippen molar-refractivity contribution in [1.82, 2.24) is 19.9 Å². The maximum atomic E-state index is 12.4. The van der Waals surface area contributed by atoms with Crippen LogP contribution in [-0.4, -0.2) is 37.2 Å². The number of imidazole rings is 1. The van der Waals surface area contributed by atoms with Gasteiger partial charge in [0, 0.05) is 11.1 Å². The zero-order valence-corrected chi connectivity index (χ0v) is 18.3. The van der Waals surface area contributed by atoms with Crippen molar-refractivity contribution in [2.75, 3.05) is 0 Å². The Morgan fingerprint density at radius 1 is 0.970 bits per heavy atom. The van der Waals surface area contributed by atoms with Crippen LogP contribution in [0.25, 0.3) is 12.2 Å². The minimum atomic E-state index is -5.08. The lowest BCUT2D eigenvalue weighted by molar-refractivity contribution is -0.192. The number of aliphatic carboxylic acids is 1. The molecule has 0 bridgehead atoms. The van der Waals surface area contributed by atoms with E-state index >= 15 is 0 Å². The first-order chi connectivity index (χ1) is 15.2. The van der Waals surface area contributed by atoms with E-state index in [9.17, 15) is 22.8 Å². The van der Waals surface area contributed by atoms with E-state index < -0.39 is 12.1 Å². The summed E-state index contributed by atoms with van der Waals surface area (Å²) in [5.74, 6) is -2.76. The molecule has 0 saturated carbocycles. The van der Waals surface area contributed by atoms with Crippen molar-refractivity contribution < 1.29 is 23.1 Å². The minimum absolute atomic E-state index is 0.158. The normalized spacial score (nSPS) is 12.9. The summed E-state index contributed by atoms with van der Waals surface area (Å²) in [6, 6.07) is 7.69. The van der Waals surface area contributed by atoms with Crippen LogP contribution >= 0.6 is 0 Å². The standard InChI is InChI=1S/C20H22N4O2.C2HF3O2/c1-12-5-7-13(8-6-12)9-15-18(25)24-16(19(26)23-15)10-14-17(20(2,3)4)22-11-21-14;3-2(4,5)1(6)7/h5-11H,1-4H3,(H,21,22)(H,23,26)(H,24,25);(H,6,7)/b15-9-,16-10-;. The van der Waals surface area contributed by atoms with Gasteiger partial charge in [-0.05, 0) is 24.6 Å². The van der Waals surface area contributed by atoms with Gasteiger partial charge in [0.15, 0.2) is 0 Å². The van der Waals surface area contributed by atoms with Crippen LogP contribution in [-0.2, 0) is 10.2 Å². The van der Waals surface area contributed by atoms with Gasteiger partial charge >= 0.3 is 12.1 Å². The third-order valence-corrected chi connectivity index (χ3v) is 4.32. The largest absolute Gasteiger partial charge is 0.490 e. The lowest BCUT2D eigenvalue weighted by Gasteiger charge is -2.16. The van der Waals surface area contributed by atoms with E-state index in [2.05, 4.69) is 19.9 Å². The first kappa shape index (κ1) is 25.4. The average molecular weight is 464 g/mol. The first-order valence-corrected chi connectivity index (χ1v) is 9.65. The number of benzene rings is 1. The Labute approximate surface area is 185 Å². The fraction of sp³-hybridized carbons (Fsp3) is 0.273. The molecule has 2 heterocycles. The van der Waals surface area contributed by atoms with Gasteiger partial charge in [0.05, 0.1) is 12.0 Å². The molecular weight excluding hydrogens is 441 g/mol. The van der Waals surface area contributed by atoms with Crippen molar-refractivity contribution in [2.45, 2.75) is 39.3 Å². The van der Waals surface area contributed by atoms with E-state index in [0.29, 0.717) is 5.69 Å².